The number of anilines is 2. The standard InChI is InChI=1S/C21H27F3N8O5/c1-12(28-15-10-27-30-19(35)17(15)21(22,23)24)11-37-7-4-16(33)32-5-2-14(3-6-32)29-20-25-8-13(9-26-20)18(34)31-36/h8-10,12,14,36H,2-7,11H2,1H3,(H,31,34)(H,25,26,29)(H2,28,30,35)/t12-/m0/s1. The summed E-state index contributed by atoms with van der Waals surface area (Å²) in [4.78, 5) is 45.1. The molecule has 1 atom stereocenters. The van der Waals surface area contributed by atoms with Crippen LogP contribution in [0.15, 0.2) is 23.4 Å². The van der Waals surface area contributed by atoms with Gasteiger partial charge in [0.25, 0.3) is 11.5 Å². The van der Waals surface area contributed by atoms with Crippen molar-refractivity contribution >= 4 is 23.5 Å². The molecule has 2 aromatic rings. The molecule has 0 bridgehead atoms. The molecule has 3 rings (SSSR count). The van der Waals surface area contributed by atoms with Gasteiger partial charge < -0.3 is 20.3 Å². The molecule has 16 heteroatoms. The number of hydrogen-bond acceptors (Lipinski definition) is 10. The average Bonchev–Trinajstić information content (AvgIpc) is 2.86. The van der Waals surface area contributed by atoms with Crippen molar-refractivity contribution in [2.24, 2.45) is 0 Å². The van der Waals surface area contributed by atoms with Crippen LogP contribution >= 0.6 is 0 Å². The van der Waals surface area contributed by atoms with E-state index in [1.54, 1.807) is 16.9 Å². The molecular weight excluding hydrogens is 501 g/mol. The van der Waals surface area contributed by atoms with E-state index in [0.29, 0.717) is 31.9 Å². The Hall–Kier alpha value is -3.79. The summed E-state index contributed by atoms with van der Waals surface area (Å²) in [6.45, 7) is 2.70. The van der Waals surface area contributed by atoms with Crippen molar-refractivity contribution in [1.82, 2.24) is 30.5 Å². The van der Waals surface area contributed by atoms with Crippen molar-refractivity contribution in [2.45, 2.75) is 44.4 Å². The van der Waals surface area contributed by atoms with E-state index in [9.17, 15) is 27.6 Å². The number of carbonyl (C=O) groups excluding carboxylic acids is 2. The maximum absolute atomic E-state index is 13.1. The molecule has 0 spiro atoms. The summed E-state index contributed by atoms with van der Waals surface area (Å²) in [7, 11) is 0. The third-order valence-corrected chi connectivity index (χ3v) is 5.57. The van der Waals surface area contributed by atoms with E-state index in [2.05, 4.69) is 25.7 Å². The zero-order chi connectivity index (χ0) is 27.0. The summed E-state index contributed by atoms with van der Waals surface area (Å²) in [6, 6.07) is -0.540. The van der Waals surface area contributed by atoms with Crippen LogP contribution in [0.25, 0.3) is 0 Å². The van der Waals surface area contributed by atoms with Gasteiger partial charge >= 0.3 is 6.18 Å². The number of hydrogen-bond donors (Lipinski definition) is 5. The molecular formula is C21H27F3N8O5. The zero-order valence-electron chi connectivity index (χ0n) is 19.8. The number of alkyl halides is 3. The van der Waals surface area contributed by atoms with Crippen LogP contribution in [0, 0.1) is 0 Å². The molecule has 0 unspecified atom stereocenters. The highest BCUT2D eigenvalue weighted by molar-refractivity contribution is 5.92. The number of likely N-dealkylation sites (tertiary alicyclic amines) is 1. The first-order valence-electron chi connectivity index (χ1n) is 11.4. The second-order valence-electron chi connectivity index (χ2n) is 8.39. The largest absolute Gasteiger partial charge is 0.423 e. The molecule has 1 aliphatic heterocycles. The first kappa shape index (κ1) is 27.8. The van der Waals surface area contributed by atoms with E-state index in [0.717, 1.165) is 6.20 Å². The highest BCUT2D eigenvalue weighted by Crippen LogP contribution is 2.31. The van der Waals surface area contributed by atoms with Crippen LogP contribution in [0.5, 0.6) is 0 Å². The van der Waals surface area contributed by atoms with Crippen molar-refractivity contribution in [2.75, 3.05) is 36.9 Å². The Kier molecular flexibility index (Phi) is 9.35. The van der Waals surface area contributed by atoms with Crippen LogP contribution < -0.4 is 21.7 Å². The number of ether oxygens (including phenoxy) is 1. The molecule has 5 N–H and O–H groups in total. The molecule has 2 amide bonds. The van der Waals surface area contributed by atoms with Gasteiger partial charge in [-0.2, -0.15) is 18.3 Å². The molecule has 13 nitrogen and oxygen atoms in total. The number of hydroxylamine groups is 1. The number of aromatic amines is 1. The first-order chi connectivity index (χ1) is 17.6. The highest BCUT2D eigenvalue weighted by atomic mass is 19.4. The smallest absolute Gasteiger partial charge is 0.379 e. The van der Waals surface area contributed by atoms with Gasteiger partial charge in [0, 0.05) is 37.6 Å². The van der Waals surface area contributed by atoms with Crippen LogP contribution in [0.3, 0.4) is 0 Å². The van der Waals surface area contributed by atoms with Crippen molar-refractivity contribution in [3.63, 3.8) is 0 Å². The van der Waals surface area contributed by atoms with Crippen molar-refractivity contribution in [1.29, 1.82) is 0 Å². The number of aromatic nitrogens is 4. The van der Waals surface area contributed by atoms with Gasteiger partial charge in [-0.25, -0.2) is 20.5 Å². The van der Waals surface area contributed by atoms with Gasteiger partial charge in [0.2, 0.25) is 11.9 Å². The summed E-state index contributed by atoms with van der Waals surface area (Å²) in [6.07, 6.45) is 0.0273. The molecule has 2 aromatic heterocycles. The van der Waals surface area contributed by atoms with Gasteiger partial charge in [-0.1, -0.05) is 0 Å². The van der Waals surface area contributed by atoms with Crippen LogP contribution in [-0.2, 0) is 15.7 Å². The van der Waals surface area contributed by atoms with Crippen LogP contribution in [0.4, 0.5) is 24.8 Å². The molecule has 3 heterocycles. The Morgan fingerprint density at radius 1 is 1.24 bits per heavy atom. The molecule has 202 valence electrons. The van der Waals surface area contributed by atoms with E-state index < -0.39 is 34.9 Å². The number of nitrogens with one attached hydrogen (secondary N) is 4. The van der Waals surface area contributed by atoms with Crippen LogP contribution in [-0.4, -0.2) is 80.5 Å². The van der Waals surface area contributed by atoms with Crippen molar-refractivity contribution < 1.29 is 32.7 Å². The fourth-order valence-corrected chi connectivity index (χ4v) is 3.71. The SMILES string of the molecule is C[C@@H](COCCC(=O)N1CCC(Nc2ncc(C(=O)NO)cn2)CC1)Nc1cn[nH]c(=O)c1C(F)(F)F. The molecule has 0 saturated carbocycles. The van der Waals surface area contributed by atoms with E-state index in [-0.39, 0.29) is 37.1 Å². The summed E-state index contributed by atoms with van der Waals surface area (Å²) < 4.78 is 44.8. The minimum atomic E-state index is -4.84. The zero-order valence-corrected chi connectivity index (χ0v) is 19.8. The van der Waals surface area contributed by atoms with Crippen molar-refractivity contribution in [3.05, 3.63) is 40.1 Å². The number of nitrogens with zero attached hydrogens (tertiary/aromatic N) is 4. The molecule has 1 fully saturated rings. The minimum Gasteiger partial charge on any atom is -0.379 e. The van der Waals surface area contributed by atoms with Crippen LogP contribution in [0.1, 0.15) is 42.1 Å². The molecule has 37 heavy (non-hydrogen) atoms. The Labute approximate surface area is 208 Å². The van der Waals surface area contributed by atoms with Gasteiger partial charge in [0.05, 0.1) is 37.1 Å². The van der Waals surface area contributed by atoms with E-state index in [4.69, 9.17) is 9.94 Å². The normalized spacial score (nSPS) is 15.2. The van der Waals surface area contributed by atoms with E-state index in [1.165, 1.54) is 17.9 Å². The summed E-state index contributed by atoms with van der Waals surface area (Å²) in [5.74, 6) is -0.491. The lowest BCUT2D eigenvalue weighted by Crippen LogP contribution is -2.43. The Bertz CT molecular complexity index is 1120. The van der Waals surface area contributed by atoms with E-state index in [1.807, 2.05) is 0 Å². The van der Waals surface area contributed by atoms with Gasteiger partial charge in [-0.15, -0.1) is 0 Å². The van der Waals surface area contributed by atoms with Crippen molar-refractivity contribution in [3.8, 4) is 0 Å². The van der Waals surface area contributed by atoms with E-state index >= 15 is 0 Å². The third-order valence-electron chi connectivity index (χ3n) is 5.57. The number of carbonyl (C=O) groups is 2. The Morgan fingerprint density at radius 2 is 1.92 bits per heavy atom. The lowest BCUT2D eigenvalue weighted by molar-refractivity contribution is -0.138. The fraction of sp³-hybridized carbons (Fsp3) is 0.524. The summed E-state index contributed by atoms with van der Waals surface area (Å²) in [5, 5.41) is 19.5. The number of piperidine rings is 1. The summed E-state index contributed by atoms with van der Waals surface area (Å²) >= 11 is 0. The van der Waals surface area contributed by atoms with Crippen LogP contribution in [0.2, 0.25) is 0 Å². The molecule has 0 radical (unpaired) electrons. The lowest BCUT2D eigenvalue weighted by Gasteiger charge is -2.32. The quantitative estimate of drug-likeness (QED) is 0.170. The maximum Gasteiger partial charge on any atom is 0.423 e. The third kappa shape index (κ3) is 7.85. The monoisotopic (exact) mass is 528 g/mol. The summed E-state index contributed by atoms with van der Waals surface area (Å²) in [5.41, 5.74) is -1.54. The van der Waals surface area contributed by atoms with Gasteiger partial charge in [-0.05, 0) is 19.8 Å². The fourth-order valence-electron chi connectivity index (χ4n) is 3.71. The van der Waals surface area contributed by atoms with Gasteiger partial charge in [0.1, 0.15) is 5.56 Å². The molecule has 1 saturated heterocycles. The second-order valence-corrected chi connectivity index (χ2v) is 8.39. The number of rotatable bonds is 10. The average molecular weight is 528 g/mol. The second kappa shape index (κ2) is 12.4. The molecule has 1 aliphatic rings. The first-order valence-corrected chi connectivity index (χ1v) is 11.4. The number of H-pyrrole nitrogens is 1. The number of amides is 2. The predicted molar refractivity (Wildman–Crippen MR) is 123 cm³/mol. The Morgan fingerprint density at radius 3 is 2.54 bits per heavy atom. The topological polar surface area (TPSA) is 174 Å². The predicted octanol–water partition coefficient (Wildman–Crippen LogP) is 1.01. The Balaban J connectivity index is 1.36. The molecule has 0 aromatic carbocycles. The van der Waals surface area contributed by atoms with Gasteiger partial charge in [-0.3, -0.25) is 19.6 Å². The highest BCUT2D eigenvalue weighted by Gasteiger charge is 2.37. The lowest BCUT2D eigenvalue weighted by atomic mass is 10.0. The number of halogens is 3. The van der Waals surface area contributed by atoms with Gasteiger partial charge in [0.15, 0.2) is 0 Å². The maximum atomic E-state index is 13.1. The minimum absolute atomic E-state index is 0.0160. The molecule has 0 aliphatic carbocycles.